The van der Waals surface area contributed by atoms with Gasteiger partial charge in [0.05, 0.1) is 5.69 Å². The third kappa shape index (κ3) is 1.97. The Hall–Kier alpha value is -1.29. The van der Waals surface area contributed by atoms with Gasteiger partial charge in [-0.15, -0.1) is 0 Å². The van der Waals surface area contributed by atoms with Crippen molar-refractivity contribution in [3.63, 3.8) is 0 Å². The molecule has 3 rings (SSSR count). The van der Waals surface area contributed by atoms with Crippen LogP contribution in [0.5, 0.6) is 0 Å². The average molecular weight is 251 g/mol. The van der Waals surface area contributed by atoms with Gasteiger partial charge in [0.25, 0.3) is 0 Å². The van der Waals surface area contributed by atoms with Gasteiger partial charge in [-0.2, -0.15) is 5.10 Å². The monoisotopic (exact) mass is 250 g/mol. The summed E-state index contributed by atoms with van der Waals surface area (Å²) in [6.07, 6.45) is 6.13. The maximum Gasteiger partial charge on any atom is 0.177 e. The topological polar surface area (TPSA) is 33.4 Å². The molecule has 0 spiro atoms. The zero-order valence-electron chi connectivity index (χ0n) is 9.80. The molecule has 0 bridgehead atoms. The predicted molar refractivity (Wildman–Crippen MR) is 68.6 cm³/mol. The first-order valence-electron chi connectivity index (χ1n) is 5.99. The Balaban J connectivity index is 2.06. The number of hydrogen-bond acceptors (Lipinski definition) is 3. The van der Waals surface area contributed by atoms with Crippen LogP contribution in [0.4, 0.5) is 5.69 Å². The number of aromatic nitrogens is 3. The molecule has 1 aliphatic rings. The van der Waals surface area contributed by atoms with Crippen molar-refractivity contribution < 1.29 is 0 Å². The van der Waals surface area contributed by atoms with Crippen molar-refractivity contribution in [2.24, 2.45) is 5.92 Å². The molecule has 5 heteroatoms. The lowest BCUT2D eigenvalue weighted by Gasteiger charge is -2.32. The van der Waals surface area contributed by atoms with Crippen molar-refractivity contribution in [1.82, 2.24) is 14.6 Å². The molecule has 2 aromatic rings. The highest BCUT2D eigenvalue weighted by atomic mass is 35.5. The first kappa shape index (κ1) is 10.8. The molecule has 1 aliphatic heterocycles. The number of hydrogen-bond donors (Lipinski definition) is 0. The zero-order valence-corrected chi connectivity index (χ0v) is 10.6. The van der Waals surface area contributed by atoms with E-state index in [9.17, 15) is 0 Å². The van der Waals surface area contributed by atoms with Crippen LogP contribution in [0, 0.1) is 5.92 Å². The van der Waals surface area contributed by atoms with Gasteiger partial charge in [-0.05, 0) is 18.8 Å². The lowest BCUT2D eigenvalue weighted by atomic mass is 10.00. The SMILES string of the molecule is CC1CCCN(c2cc(Cl)nn3ccnc23)C1. The van der Waals surface area contributed by atoms with E-state index < -0.39 is 0 Å². The highest BCUT2D eigenvalue weighted by Crippen LogP contribution is 2.27. The summed E-state index contributed by atoms with van der Waals surface area (Å²) in [5.74, 6) is 0.728. The summed E-state index contributed by atoms with van der Waals surface area (Å²) in [6.45, 7) is 4.44. The fourth-order valence-corrected chi connectivity index (χ4v) is 2.70. The van der Waals surface area contributed by atoms with E-state index in [0.29, 0.717) is 5.15 Å². The molecule has 90 valence electrons. The molecule has 0 saturated carbocycles. The van der Waals surface area contributed by atoms with Crippen LogP contribution >= 0.6 is 11.6 Å². The first-order chi connectivity index (χ1) is 8.24. The number of anilines is 1. The van der Waals surface area contributed by atoms with E-state index in [1.165, 1.54) is 12.8 Å². The fourth-order valence-electron chi connectivity index (χ4n) is 2.51. The number of imidazole rings is 1. The van der Waals surface area contributed by atoms with Gasteiger partial charge in [0.15, 0.2) is 10.8 Å². The summed E-state index contributed by atoms with van der Waals surface area (Å²) in [7, 11) is 0. The van der Waals surface area contributed by atoms with Gasteiger partial charge in [0.1, 0.15) is 0 Å². The molecule has 0 aliphatic carbocycles. The van der Waals surface area contributed by atoms with Crippen LogP contribution in [0.25, 0.3) is 5.65 Å². The first-order valence-corrected chi connectivity index (χ1v) is 6.36. The number of halogens is 1. The molecule has 1 unspecified atom stereocenters. The van der Waals surface area contributed by atoms with E-state index in [1.54, 1.807) is 10.7 Å². The Kier molecular flexibility index (Phi) is 2.67. The summed E-state index contributed by atoms with van der Waals surface area (Å²) >= 11 is 6.05. The average Bonchev–Trinajstić information content (AvgIpc) is 2.75. The van der Waals surface area contributed by atoms with Crippen molar-refractivity contribution in [1.29, 1.82) is 0 Å². The second-order valence-electron chi connectivity index (χ2n) is 4.74. The van der Waals surface area contributed by atoms with Crippen molar-refractivity contribution >= 4 is 22.9 Å². The second-order valence-corrected chi connectivity index (χ2v) is 5.13. The molecule has 0 amide bonds. The third-order valence-electron chi connectivity index (χ3n) is 3.31. The van der Waals surface area contributed by atoms with E-state index in [4.69, 9.17) is 11.6 Å². The van der Waals surface area contributed by atoms with Gasteiger partial charge in [-0.3, -0.25) is 0 Å². The quantitative estimate of drug-likeness (QED) is 0.780. The summed E-state index contributed by atoms with van der Waals surface area (Å²) in [5, 5.41) is 4.72. The smallest absolute Gasteiger partial charge is 0.177 e. The molecule has 0 aromatic carbocycles. The van der Waals surface area contributed by atoms with Gasteiger partial charge in [-0.1, -0.05) is 18.5 Å². The second kappa shape index (κ2) is 4.18. The van der Waals surface area contributed by atoms with Crippen LogP contribution in [0.15, 0.2) is 18.5 Å². The normalized spacial score (nSPS) is 21.1. The molecule has 2 aromatic heterocycles. The maximum atomic E-state index is 6.05. The summed E-state index contributed by atoms with van der Waals surface area (Å²) in [5.41, 5.74) is 1.99. The van der Waals surface area contributed by atoms with E-state index in [0.717, 1.165) is 30.3 Å². The summed E-state index contributed by atoms with van der Waals surface area (Å²) < 4.78 is 1.75. The van der Waals surface area contributed by atoms with Crippen molar-refractivity contribution in [2.45, 2.75) is 19.8 Å². The molecule has 4 nitrogen and oxygen atoms in total. The molecule has 0 radical (unpaired) electrons. The largest absolute Gasteiger partial charge is 0.368 e. The predicted octanol–water partition coefficient (Wildman–Crippen LogP) is 2.62. The van der Waals surface area contributed by atoms with Gasteiger partial charge in [0, 0.05) is 31.5 Å². The Morgan fingerprint density at radius 2 is 2.35 bits per heavy atom. The Morgan fingerprint density at radius 1 is 1.47 bits per heavy atom. The van der Waals surface area contributed by atoms with Gasteiger partial charge in [0.2, 0.25) is 0 Å². The molecular weight excluding hydrogens is 236 g/mol. The van der Waals surface area contributed by atoms with Crippen LogP contribution < -0.4 is 4.90 Å². The minimum atomic E-state index is 0.517. The number of fused-ring (bicyclic) bond motifs is 1. The number of nitrogens with zero attached hydrogens (tertiary/aromatic N) is 4. The van der Waals surface area contributed by atoms with Gasteiger partial charge < -0.3 is 4.90 Å². The maximum absolute atomic E-state index is 6.05. The van der Waals surface area contributed by atoms with Crippen molar-refractivity contribution in [3.8, 4) is 0 Å². The molecular formula is C12H15ClN4. The molecule has 3 heterocycles. The van der Waals surface area contributed by atoms with Crippen molar-refractivity contribution in [2.75, 3.05) is 18.0 Å². The van der Waals surface area contributed by atoms with Crippen molar-refractivity contribution in [3.05, 3.63) is 23.6 Å². The molecule has 0 N–H and O–H groups in total. The van der Waals surface area contributed by atoms with Gasteiger partial charge in [-0.25, -0.2) is 9.50 Å². The number of rotatable bonds is 1. The molecule has 1 atom stereocenters. The van der Waals surface area contributed by atoms with Crippen LogP contribution in [-0.2, 0) is 0 Å². The number of piperidine rings is 1. The van der Waals surface area contributed by atoms with Crippen LogP contribution in [-0.4, -0.2) is 27.7 Å². The minimum absolute atomic E-state index is 0.517. The highest BCUT2D eigenvalue weighted by Gasteiger charge is 2.19. The lowest BCUT2D eigenvalue weighted by Crippen LogP contribution is -2.34. The third-order valence-corrected chi connectivity index (χ3v) is 3.49. The standard InChI is InChI=1S/C12H15ClN4/c1-9-3-2-5-16(8-9)10-7-11(13)15-17-6-4-14-12(10)17/h4,6-7,9H,2-3,5,8H2,1H3. The van der Waals surface area contributed by atoms with Crippen LogP contribution in [0.1, 0.15) is 19.8 Å². The minimum Gasteiger partial charge on any atom is -0.368 e. The summed E-state index contributed by atoms with van der Waals surface area (Å²) in [4.78, 5) is 6.73. The fraction of sp³-hybridized carbons (Fsp3) is 0.500. The Labute approximate surface area is 105 Å². The molecule has 17 heavy (non-hydrogen) atoms. The Morgan fingerprint density at radius 3 is 3.18 bits per heavy atom. The van der Waals surface area contributed by atoms with Gasteiger partial charge >= 0.3 is 0 Å². The lowest BCUT2D eigenvalue weighted by molar-refractivity contribution is 0.447. The van der Waals surface area contributed by atoms with E-state index in [1.807, 2.05) is 12.3 Å². The van der Waals surface area contributed by atoms with E-state index in [2.05, 4.69) is 21.9 Å². The molecule has 1 saturated heterocycles. The summed E-state index contributed by atoms with van der Waals surface area (Å²) in [6, 6.07) is 1.92. The van der Waals surface area contributed by atoms with E-state index in [-0.39, 0.29) is 0 Å². The van der Waals surface area contributed by atoms with Crippen LogP contribution in [0.2, 0.25) is 5.15 Å². The molecule has 1 fully saturated rings. The van der Waals surface area contributed by atoms with E-state index >= 15 is 0 Å². The Bertz CT molecular complexity index is 536. The van der Waals surface area contributed by atoms with Crippen LogP contribution in [0.3, 0.4) is 0 Å². The zero-order chi connectivity index (χ0) is 11.8. The highest BCUT2D eigenvalue weighted by molar-refractivity contribution is 6.29.